The number of carbonyl (C=O) groups excluding carboxylic acids is 2. The molecule has 2 aromatic heterocycles. The molecule has 8 heteroatoms. The molecule has 0 spiro atoms. The number of rotatable bonds is 10. The number of aromatic nitrogens is 2. The molecule has 2 heterocycles. The van der Waals surface area contributed by atoms with Gasteiger partial charge in [-0.3, -0.25) is 14.3 Å². The Morgan fingerprint density at radius 3 is 2.34 bits per heavy atom. The maximum Gasteiger partial charge on any atom is 0.291 e. The summed E-state index contributed by atoms with van der Waals surface area (Å²) < 4.78 is 13.0. The number of anilines is 1. The normalized spacial score (nSPS) is 11.4. The lowest BCUT2D eigenvalue weighted by Gasteiger charge is -2.26. The Morgan fingerprint density at radius 1 is 0.974 bits per heavy atom. The quantitative estimate of drug-likeness (QED) is 0.289. The molecule has 0 bridgehead atoms. The van der Waals surface area contributed by atoms with Crippen LogP contribution in [0.25, 0.3) is 0 Å². The molecule has 2 amide bonds. The van der Waals surface area contributed by atoms with E-state index in [4.69, 9.17) is 9.15 Å². The molecule has 0 atom stereocenters. The van der Waals surface area contributed by atoms with E-state index in [-0.39, 0.29) is 29.4 Å². The van der Waals surface area contributed by atoms with Crippen LogP contribution < -0.4 is 15.4 Å². The molecule has 2 N–H and O–H groups in total. The lowest BCUT2D eigenvalue weighted by atomic mass is 9.78. The van der Waals surface area contributed by atoms with E-state index in [2.05, 4.69) is 53.8 Å². The lowest BCUT2D eigenvalue weighted by Crippen LogP contribution is -2.30. The predicted molar refractivity (Wildman–Crippen MR) is 146 cm³/mol. The number of hydrogen-bond donors (Lipinski definition) is 2. The van der Waals surface area contributed by atoms with Crippen molar-refractivity contribution in [3.63, 3.8) is 0 Å². The lowest BCUT2D eigenvalue weighted by molar-refractivity contribution is 0.0940. The van der Waals surface area contributed by atoms with E-state index in [1.807, 2.05) is 44.2 Å². The molecule has 38 heavy (non-hydrogen) atoms. The number of nitrogens with one attached hydrogen (secondary N) is 2. The van der Waals surface area contributed by atoms with Gasteiger partial charge in [-0.25, -0.2) is 0 Å². The fraction of sp³-hybridized carbons (Fsp3) is 0.300. The van der Waals surface area contributed by atoms with Crippen molar-refractivity contribution in [2.24, 2.45) is 13.0 Å². The minimum Gasteiger partial charge on any atom is -0.486 e. The zero-order valence-corrected chi connectivity index (χ0v) is 22.4. The molecule has 0 saturated heterocycles. The fourth-order valence-electron chi connectivity index (χ4n) is 4.08. The maximum atomic E-state index is 12.8. The Morgan fingerprint density at radius 2 is 1.66 bits per heavy atom. The largest absolute Gasteiger partial charge is 0.486 e. The minimum absolute atomic E-state index is 0.112. The van der Waals surface area contributed by atoms with Crippen LogP contribution in [0.1, 0.15) is 65.6 Å². The van der Waals surface area contributed by atoms with Gasteiger partial charge in [-0.15, -0.1) is 0 Å². The highest BCUT2D eigenvalue weighted by atomic mass is 16.5. The first-order chi connectivity index (χ1) is 18.1. The molecule has 0 aliphatic rings. The van der Waals surface area contributed by atoms with Crippen LogP contribution in [0, 0.1) is 5.92 Å². The molecule has 0 fully saturated rings. The Hall–Kier alpha value is -4.33. The number of amides is 2. The van der Waals surface area contributed by atoms with Crippen molar-refractivity contribution in [3.8, 4) is 5.75 Å². The summed E-state index contributed by atoms with van der Waals surface area (Å²) in [6.45, 7) is 9.09. The van der Waals surface area contributed by atoms with Gasteiger partial charge in [0.25, 0.3) is 11.8 Å². The van der Waals surface area contributed by atoms with E-state index >= 15 is 0 Å². The molecule has 4 rings (SSSR count). The Labute approximate surface area is 223 Å². The fourth-order valence-corrected chi connectivity index (χ4v) is 4.08. The van der Waals surface area contributed by atoms with Crippen molar-refractivity contribution < 1.29 is 18.7 Å². The number of benzene rings is 2. The molecule has 0 unspecified atom stereocenters. The Kier molecular flexibility index (Phi) is 8.00. The van der Waals surface area contributed by atoms with E-state index in [9.17, 15) is 9.59 Å². The summed E-state index contributed by atoms with van der Waals surface area (Å²) in [6, 6.07) is 21.6. The van der Waals surface area contributed by atoms with E-state index < -0.39 is 5.91 Å². The summed E-state index contributed by atoms with van der Waals surface area (Å²) in [7, 11) is 1.65. The monoisotopic (exact) mass is 514 g/mol. The summed E-state index contributed by atoms with van der Waals surface area (Å²) in [4.78, 5) is 25.4. The molecule has 0 radical (unpaired) electrons. The smallest absolute Gasteiger partial charge is 0.291 e. The van der Waals surface area contributed by atoms with Crippen LogP contribution in [0.4, 0.5) is 5.69 Å². The van der Waals surface area contributed by atoms with Crippen molar-refractivity contribution in [2.45, 2.75) is 39.7 Å². The van der Waals surface area contributed by atoms with Crippen LogP contribution in [0.5, 0.6) is 5.75 Å². The summed E-state index contributed by atoms with van der Waals surface area (Å²) in [5.41, 5.74) is 2.87. The third-order valence-electron chi connectivity index (χ3n) is 6.41. The Balaban J connectivity index is 1.36. The van der Waals surface area contributed by atoms with Crippen LogP contribution in [0.2, 0.25) is 0 Å². The molecule has 2 aromatic carbocycles. The first-order valence-electron chi connectivity index (χ1n) is 12.6. The van der Waals surface area contributed by atoms with Gasteiger partial charge < -0.3 is 19.8 Å². The van der Waals surface area contributed by atoms with Crippen LogP contribution in [-0.2, 0) is 19.1 Å². The highest BCUT2D eigenvalue weighted by Crippen LogP contribution is 2.32. The van der Waals surface area contributed by atoms with Gasteiger partial charge in [0.15, 0.2) is 5.76 Å². The first kappa shape index (κ1) is 26.7. The molecule has 0 saturated carbocycles. The van der Waals surface area contributed by atoms with Crippen LogP contribution in [0.15, 0.2) is 77.3 Å². The zero-order chi connectivity index (χ0) is 27.3. The predicted octanol–water partition coefficient (Wildman–Crippen LogP) is 5.56. The zero-order valence-electron chi connectivity index (χ0n) is 22.4. The average molecular weight is 515 g/mol. The number of hydrogen-bond acceptors (Lipinski definition) is 5. The second-order valence-electron chi connectivity index (χ2n) is 10.2. The number of ether oxygens (including phenoxy) is 1. The van der Waals surface area contributed by atoms with E-state index in [0.717, 1.165) is 0 Å². The molecule has 0 aliphatic carbocycles. The molecule has 4 aromatic rings. The number of carbonyl (C=O) groups is 2. The summed E-state index contributed by atoms with van der Waals surface area (Å²) in [6.07, 6.45) is 1.44. The summed E-state index contributed by atoms with van der Waals surface area (Å²) in [5, 5.41) is 9.67. The van der Waals surface area contributed by atoms with Gasteiger partial charge in [-0.2, -0.15) is 5.10 Å². The maximum absolute atomic E-state index is 12.8. The van der Waals surface area contributed by atoms with Gasteiger partial charge in [0.2, 0.25) is 0 Å². The average Bonchev–Trinajstić information content (AvgIpc) is 3.53. The SMILES string of the molecule is CC(C)CNC(=O)c1c(NC(=O)c2ccc(COc3ccc(C(C)(C)c4ccccc4)cc3)o2)cnn1C. The second-order valence-corrected chi connectivity index (χ2v) is 10.2. The van der Waals surface area contributed by atoms with Gasteiger partial charge in [-0.05, 0) is 41.3 Å². The van der Waals surface area contributed by atoms with Crippen molar-refractivity contribution in [1.82, 2.24) is 15.1 Å². The first-order valence-corrected chi connectivity index (χ1v) is 12.6. The highest BCUT2D eigenvalue weighted by molar-refractivity contribution is 6.07. The Bertz CT molecular complexity index is 1390. The minimum atomic E-state index is -0.477. The van der Waals surface area contributed by atoms with Crippen molar-refractivity contribution in [3.05, 3.63) is 101 Å². The van der Waals surface area contributed by atoms with Crippen LogP contribution in [-0.4, -0.2) is 28.1 Å². The number of aryl methyl sites for hydroxylation is 1. The van der Waals surface area contributed by atoms with Gasteiger partial charge in [0, 0.05) is 19.0 Å². The van der Waals surface area contributed by atoms with Gasteiger partial charge in [0.05, 0.1) is 11.9 Å². The van der Waals surface area contributed by atoms with Crippen LogP contribution >= 0.6 is 0 Å². The molecule has 0 aliphatic heterocycles. The van der Waals surface area contributed by atoms with E-state index in [1.54, 1.807) is 19.2 Å². The van der Waals surface area contributed by atoms with Gasteiger partial charge >= 0.3 is 0 Å². The summed E-state index contributed by atoms with van der Waals surface area (Å²) in [5.74, 6) is 0.835. The van der Waals surface area contributed by atoms with Crippen molar-refractivity contribution >= 4 is 17.5 Å². The summed E-state index contributed by atoms with van der Waals surface area (Å²) >= 11 is 0. The number of nitrogens with zero attached hydrogens (tertiary/aromatic N) is 2. The molecular weight excluding hydrogens is 480 g/mol. The van der Waals surface area contributed by atoms with E-state index in [1.165, 1.54) is 22.0 Å². The molecule has 8 nitrogen and oxygen atoms in total. The molecule has 198 valence electrons. The van der Waals surface area contributed by atoms with E-state index in [0.29, 0.717) is 29.7 Å². The second kappa shape index (κ2) is 11.4. The topological polar surface area (TPSA) is 98.4 Å². The molecular formula is C30H34N4O4. The highest BCUT2D eigenvalue weighted by Gasteiger charge is 2.23. The van der Waals surface area contributed by atoms with Crippen LogP contribution in [0.3, 0.4) is 0 Å². The number of furan rings is 1. The third-order valence-corrected chi connectivity index (χ3v) is 6.41. The standard InChI is InChI=1S/C30H34N4O4/c1-20(2)17-31-29(36)27-25(18-32-34(27)5)33-28(35)26-16-15-24(38-26)19-37-23-13-11-22(12-14-23)30(3,4)21-9-7-6-8-10-21/h6-16,18,20H,17,19H2,1-5H3,(H,31,36)(H,33,35). The van der Waals surface area contributed by atoms with Crippen molar-refractivity contribution in [2.75, 3.05) is 11.9 Å². The van der Waals surface area contributed by atoms with Gasteiger partial charge in [0.1, 0.15) is 23.8 Å². The third kappa shape index (κ3) is 6.14. The van der Waals surface area contributed by atoms with Gasteiger partial charge in [-0.1, -0.05) is 70.2 Å². The van der Waals surface area contributed by atoms with Crippen molar-refractivity contribution in [1.29, 1.82) is 0 Å².